The molecule has 3 nitrogen and oxygen atoms in total. The molecule has 0 saturated carbocycles. The second kappa shape index (κ2) is 4.97. The van der Waals surface area contributed by atoms with Gasteiger partial charge in [-0.15, -0.1) is 0 Å². The maximum Gasteiger partial charge on any atom is 0.154 e. The van der Waals surface area contributed by atoms with Crippen LogP contribution in [0, 0.1) is 6.92 Å². The maximum atomic E-state index is 11.7. The van der Waals surface area contributed by atoms with Crippen LogP contribution in [0.2, 0.25) is 0 Å². The number of rotatable bonds is 4. The number of nitrogens with two attached hydrogens (primary N) is 1. The van der Waals surface area contributed by atoms with Gasteiger partial charge in [-0.2, -0.15) is 0 Å². The van der Waals surface area contributed by atoms with Crippen LogP contribution in [0.25, 0.3) is 0 Å². The first-order chi connectivity index (χ1) is 7.38. The SMILES string of the molecule is CCS(=O)(=O)C(C)C(N)c1ccc(C)cc1. The fraction of sp³-hybridized carbons (Fsp3) is 0.500. The van der Waals surface area contributed by atoms with E-state index in [1.165, 1.54) is 0 Å². The molecular formula is C12H19NO2S. The van der Waals surface area contributed by atoms with Crippen molar-refractivity contribution in [3.05, 3.63) is 35.4 Å². The summed E-state index contributed by atoms with van der Waals surface area (Å²) < 4.78 is 23.4. The van der Waals surface area contributed by atoms with Crippen molar-refractivity contribution < 1.29 is 8.42 Å². The average Bonchev–Trinajstić information content (AvgIpc) is 2.28. The molecule has 2 unspecified atom stereocenters. The normalized spacial score (nSPS) is 15.8. The van der Waals surface area contributed by atoms with Gasteiger partial charge in [-0.1, -0.05) is 36.8 Å². The van der Waals surface area contributed by atoms with Crippen LogP contribution in [0.5, 0.6) is 0 Å². The van der Waals surface area contributed by atoms with Crippen molar-refractivity contribution in [3.63, 3.8) is 0 Å². The Morgan fingerprint density at radius 2 is 1.75 bits per heavy atom. The zero-order valence-corrected chi connectivity index (χ0v) is 10.8. The van der Waals surface area contributed by atoms with Crippen LogP contribution in [0.1, 0.15) is 31.0 Å². The lowest BCUT2D eigenvalue weighted by Gasteiger charge is -2.20. The molecule has 0 fully saturated rings. The van der Waals surface area contributed by atoms with E-state index in [0.717, 1.165) is 11.1 Å². The van der Waals surface area contributed by atoms with Gasteiger partial charge in [-0.05, 0) is 19.4 Å². The number of hydrogen-bond acceptors (Lipinski definition) is 3. The Balaban J connectivity index is 2.94. The van der Waals surface area contributed by atoms with Crippen molar-refractivity contribution >= 4 is 9.84 Å². The van der Waals surface area contributed by atoms with Gasteiger partial charge < -0.3 is 5.73 Å². The molecule has 1 aromatic rings. The van der Waals surface area contributed by atoms with Crippen LogP contribution in [-0.2, 0) is 9.84 Å². The van der Waals surface area contributed by atoms with E-state index >= 15 is 0 Å². The number of hydrogen-bond donors (Lipinski definition) is 1. The minimum Gasteiger partial charge on any atom is -0.323 e. The summed E-state index contributed by atoms with van der Waals surface area (Å²) in [6.07, 6.45) is 0. The van der Waals surface area contributed by atoms with Gasteiger partial charge in [0.05, 0.1) is 5.25 Å². The third-order valence-electron chi connectivity index (χ3n) is 2.94. The molecule has 2 atom stereocenters. The molecule has 1 rings (SSSR count). The maximum absolute atomic E-state index is 11.7. The van der Waals surface area contributed by atoms with Crippen LogP contribution < -0.4 is 5.73 Å². The lowest BCUT2D eigenvalue weighted by molar-refractivity contribution is 0.566. The van der Waals surface area contributed by atoms with Crippen LogP contribution in [0.4, 0.5) is 0 Å². The number of sulfone groups is 1. The van der Waals surface area contributed by atoms with Gasteiger partial charge in [0.1, 0.15) is 0 Å². The molecule has 0 amide bonds. The van der Waals surface area contributed by atoms with E-state index in [0.29, 0.717) is 0 Å². The lowest BCUT2D eigenvalue weighted by atomic mass is 10.0. The number of aryl methyl sites for hydroxylation is 1. The molecule has 1 aromatic carbocycles. The van der Waals surface area contributed by atoms with Crippen molar-refractivity contribution in [2.24, 2.45) is 5.73 Å². The highest BCUT2D eigenvalue weighted by molar-refractivity contribution is 7.92. The summed E-state index contributed by atoms with van der Waals surface area (Å²) in [6.45, 7) is 5.30. The molecule has 0 aliphatic rings. The van der Waals surface area contributed by atoms with Crippen LogP contribution >= 0.6 is 0 Å². The Kier molecular flexibility index (Phi) is 4.10. The van der Waals surface area contributed by atoms with Gasteiger partial charge >= 0.3 is 0 Å². The van der Waals surface area contributed by atoms with Crippen molar-refractivity contribution in [2.75, 3.05) is 5.75 Å². The molecule has 0 saturated heterocycles. The Bertz CT molecular complexity index is 437. The highest BCUT2D eigenvalue weighted by Gasteiger charge is 2.26. The van der Waals surface area contributed by atoms with E-state index in [1.807, 2.05) is 31.2 Å². The Morgan fingerprint density at radius 1 is 1.25 bits per heavy atom. The Labute approximate surface area is 97.6 Å². The van der Waals surface area contributed by atoms with E-state index in [4.69, 9.17) is 5.73 Å². The van der Waals surface area contributed by atoms with Gasteiger partial charge in [0.2, 0.25) is 0 Å². The third-order valence-corrected chi connectivity index (χ3v) is 5.17. The average molecular weight is 241 g/mol. The predicted octanol–water partition coefficient (Wildman–Crippen LogP) is 1.82. The molecule has 0 aliphatic heterocycles. The topological polar surface area (TPSA) is 60.2 Å². The lowest BCUT2D eigenvalue weighted by Crippen LogP contribution is -2.32. The summed E-state index contributed by atoms with van der Waals surface area (Å²) in [6, 6.07) is 7.22. The summed E-state index contributed by atoms with van der Waals surface area (Å²) in [5.74, 6) is 0.133. The number of benzene rings is 1. The van der Waals surface area contributed by atoms with Crippen LogP contribution in [0.15, 0.2) is 24.3 Å². The van der Waals surface area contributed by atoms with Gasteiger partial charge in [-0.25, -0.2) is 8.42 Å². The molecular weight excluding hydrogens is 222 g/mol. The molecule has 2 N–H and O–H groups in total. The Morgan fingerprint density at radius 3 is 2.19 bits per heavy atom. The molecule has 0 heterocycles. The minimum atomic E-state index is -3.08. The fourth-order valence-electron chi connectivity index (χ4n) is 1.55. The largest absolute Gasteiger partial charge is 0.323 e. The highest BCUT2D eigenvalue weighted by Crippen LogP contribution is 2.20. The molecule has 0 radical (unpaired) electrons. The summed E-state index contributed by atoms with van der Waals surface area (Å²) in [5, 5.41) is -0.541. The monoisotopic (exact) mass is 241 g/mol. The van der Waals surface area contributed by atoms with Crippen molar-refractivity contribution in [2.45, 2.75) is 32.1 Å². The first-order valence-corrected chi connectivity index (χ1v) is 7.13. The van der Waals surface area contributed by atoms with Crippen LogP contribution in [0.3, 0.4) is 0 Å². The van der Waals surface area contributed by atoms with E-state index in [-0.39, 0.29) is 5.75 Å². The van der Waals surface area contributed by atoms with Gasteiger partial charge in [0.15, 0.2) is 9.84 Å². The van der Waals surface area contributed by atoms with E-state index in [1.54, 1.807) is 13.8 Å². The standard InChI is InChI=1S/C12H19NO2S/c1-4-16(14,15)10(3)12(13)11-7-5-9(2)6-8-11/h5-8,10,12H,4,13H2,1-3H3. The van der Waals surface area contributed by atoms with Gasteiger partial charge in [0, 0.05) is 11.8 Å². The van der Waals surface area contributed by atoms with Crippen LogP contribution in [-0.4, -0.2) is 19.4 Å². The van der Waals surface area contributed by atoms with Crippen molar-refractivity contribution in [1.29, 1.82) is 0 Å². The van der Waals surface area contributed by atoms with E-state index in [9.17, 15) is 8.42 Å². The Hall–Kier alpha value is -0.870. The summed E-state index contributed by atoms with van der Waals surface area (Å²) in [4.78, 5) is 0. The zero-order valence-electron chi connectivity index (χ0n) is 9.97. The smallest absolute Gasteiger partial charge is 0.154 e. The molecule has 90 valence electrons. The first-order valence-electron chi connectivity index (χ1n) is 5.42. The second-order valence-corrected chi connectivity index (χ2v) is 6.74. The molecule has 0 spiro atoms. The quantitative estimate of drug-likeness (QED) is 0.874. The summed E-state index contributed by atoms with van der Waals surface area (Å²) in [7, 11) is -3.08. The molecule has 16 heavy (non-hydrogen) atoms. The van der Waals surface area contributed by atoms with Crippen molar-refractivity contribution in [3.8, 4) is 0 Å². The zero-order chi connectivity index (χ0) is 12.3. The third kappa shape index (κ3) is 2.83. The van der Waals surface area contributed by atoms with E-state index < -0.39 is 21.1 Å². The van der Waals surface area contributed by atoms with Gasteiger partial charge in [-0.3, -0.25) is 0 Å². The molecule has 0 aromatic heterocycles. The minimum absolute atomic E-state index is 0.133. The molecule has 0 aliphatic carbocycles. The highest BCUT2D eigenvalue weighted by atomic mass is 32.2. The fourth-order valence-corrected chi connectivity index (χ4v) is 2.68. The van der Waals surface area contributed by atoms with E-state index in [2.05, 4.69) is 0 Å². The van der Waals surface area contributed by atoms with Gasteiger partial charge in [0.25, 0.3) is 0 Å². The summed E-state index contributed by atoms with van der Waals surface area (Å²) >= 11 is 0. The second-order valence-electron chi connectivity index (χ2n) is 4.09. The first kappa shape index (κ1) is 13.2. The van der Waals surface area contributed by atoms with Crippen molar-refractivity contribution in [1.82, 2.24) is 0 Å². The molecule has 0 bridgehead atoms. The molecule has 4 heteroatoms. The summed E-state index contributed by atoms with van der Waals surface area (Å²) in [5.41, 5.74) is 7.98. The predicted molar refractivity (Wildman–Crippen MR) is 67.0 cm³/mol.